The van der Waals surface area contributed by atoms with E-state index in [0.717, 1.165) is 0 Å². The van der Waals surface area contributed by atoms with Crippen LogP contribution in [0.2, 0.25) is 0 Å². The third kappa shape index (κ3) is 4.04. The van der Waals surface area contributed by atoms with Crippen molar-refractivity contribution in [2.75, 3.05) is 11.9 Å². The molecule has 7 heteroatoms. The number of hydrogen-bond donors (Lipinski definition) is 1. The molecule has 28 heavy (non-hydrogen) atoms. The number of nitrogens with one attached hydrogen (secondary N) is 1. The fourth-order valence-corrected chi connectivity index (χ4v) is 2.56. The normalized spacial score (nSPS) is 10.4. The Balaban J connectivity index is 1.50. The molecule has 2 heterocycles. The number of amides is 1. The van der Waals surface area contributed by atoms with E-state index in [1.807, 2.05) is 42.5 Å². The number of ether oxygens (including phenoxy) is 1. The molecule has 0 radical (unpaired) electrons. The third-order valence-electron chi connectivity index (χ3n) is 3.86. The number of carbonyl (C=O) groups is 1. The van der Waals surface area contributed by atoms with Crippen molar-refractivity contribution < 1.29 is 14.1 Å². The van der Waals surface area contributed by atoms with E-state index in [0.29, 0.717) is 34.4 Å². The van der Waals surface area contributed by atoms with Crippen LogP contribution in [-0.2, 0) is 4.79 Å². The van der Waals surface area contributed by atoms with Gasteiger partial charge in [0.1, 0.15) is 11.4 Å². The molecule has 0 aliphatic heterocycles. The lowest BCUT2D eigenvalue weighted by atomic mass is 10.1. The molecule has 0 saturated heterocycles. The number of para-hydroxylation sites is 2. The number of pyridine rings is 1. The predicted molar refractivity (Wildman–Crippen MR) is 104 cm³/mol. The largest absolute Gasteiger partial charge is 0.484 e. The van der Waals surface area contributed by atoms with Gasteiger partial charge in [0.05, 0.1) is 11.3 Å². The summed E-state index contributed by atoms with van der Waals surface area (Å²) in [5.41, 5.74) is 1.78. The van der Waals surface area contributed by atoms with Crippen molar-refractivity contribution in [1.29, 1.82) is 0 Å². The minimum Gasteiger partial charge on any atom is -0.484 e. The van der Waals surface area contributed by atoms with Crippen LogP contribution in [0.1, 0.15) is 0 Å². The second kappa shape index (κ2) is 8.13. The highest BCUT2D eigenvalue weighted by Crippen LogP contribution is 2.28. The molecule has 138 valence electrons. The van der Waals surface area contributed by atoms with Gasteiger partial charge in [-0.25, -0.2) is 0 Å². The van der Waals surface area contributed by atoms with Gasteiger partial charge in [0.25, 0.3) is 11.8 Å². The Morgan fingerprint density at radius 2 is 1.75 bits per heavy atom. The van der Waals surface area contributed by atoms with Crippen molar-refractivity contribution in [3.63, 3.8) is 0 Å². The second-order valence-corrected chi connectivity index (χ2v) is 5.83. The van der Waals surface area contributed by atoms with E-state index in [4.69, 9.17) is 9.26 Å². The van der Waals surface area contributed by atoms with E-state index < -0.39 is 0 Å². The van der Waals surface area contributed by atoms with E-state index in [-0.39, 0.29) is 12.5 Å². The molecule has 0 atom stereocenters. The van der Waals surface area contributed by atoms with Crippen LogP contribution in [0.3, 0.4) is 0 Å². The maximum absolute atomic E-state index is 12.3. The van der Waals surface area contributed by atoms with Gasteiger partial charge in [0, 0.05) is 6.20 Å². The lowest BCUT2D eigenvalue weighted by molar-refractivity contribution is -0.118. The number of hydrogen-bond acceptors (Lipinski definition) is 6. The van der Waals surface area contributed by atoms with Crippen LogP contribution in [-0.4, -0.2) is 27.6 Å². The first-order valence-corrected chi connectivity index (χ1v) is 8.62. The topological polar surface area (TPSA) is 90.1 Å². The highest BCUT2D eigenvalue weighted by Gasteiger charge is 2.16. The van der Waals surface area contributed by atoms with Gasteiger partial charge in [0.2, 0.25) is 5.82 Å². The fourth-order valence-electron chi connectivity index (χ4n) is 2.56. The Morgan fingerprint density at radius 3 is 2.57 bits per heavy atom. The van der Waals surface area contributed by atoms with Crippen molar-refractivity contribution in [1.82, 2.24) is 15.1 Å². The van der Waals surface area contributed by atoms with Gasteiger partial charge in [-0.15, -0.1) is 0 Å². The molecule has 2 aromatic carbocycles. The highest BCUT2D eigenvalue weighted by molar-refractivity contribution is 5.95. The van der Waals surface area contributed by atoms with E-state index in [2.05, 4.69) is 20.4 Å². The standard InChI is InChI=1S/C21H16N4O3/c26-19(14-27-15-8-2-1-3-9-15)23-17-11-5-4-10-16(17)21-24-20(25-28-21)18-12-6-7-13-22-18/h1-13H,14H2,(H,23,26). The molecule has 1 amide bonds. The molecule has 0 aliphatic carbocycles. The Labute approximate surface area is 161 Å². The fraction of sp³-hybridized carbons (Fsp3) is 0.0476. The number of nitrogens with zero attached hydrogens (tertiary/aromatic N) is 3. The molecule has 0 unspecified atom stereocenters. The molecule has 0 saturated carbocycles. The van der Waals surface area contributed by atoms with Gasteiger partial charge in [-0.1, -0.05) is 41.6 Å². The first-order valence-electron chi connectivity index (χ1n) is 8.62. The molecule has 0 bridgehead atoms. The Kier molecular flexibility index (Phi) is 5.06. The molecule has 4 aromatic rings. The molecule has 0 spiro atoms. The first kappa shape index (κ1) is 17.4. The molecule has 2 aromatic heterocycles. The minimum absolute atomic E-state index is 0.110. The number of rotatable bonds is 6. The van der Waals surface area contributed by atoms with Crippen LogP contribution in [0.25, 0.3) is 23.0 Å². The maximum atomic E-state index is 12.3. The summed E-state index contributed by atoms with van der Waals surface area (Å²) in [6.07, 6.45) is 1.66. The van der Waals surface area contributed by atoms with E-state index >= 15 is 0 Å². The van der Waals surface area contributed by atoms with Gasteiger partial charge < -0.3 is 14.6 Å². The Morgan fingerprint density at radius 1 is 0.964 bits per heavy atom. The lowest BCUT2D eigenvalue weighted by Crippen LogP contribution is -2.20. The molecule has 0 fully saturated rings. The van der Waals surface area contributed by atoms with Crippen LogP contribution in [0.5, 0.6) is 5.75 Å². The van der Waals surface area contributed by atoms with Crippen LogP contribution in [0, 0.1) is 0 Å². The number of benzene rings is 2. The zero-order chi connectivity index (χ0) is 19.2. The molecule has 0 aliphatic rings. The van der Waals surface area contributed by atoms with Crippen molar-refractivity contribution in [3.8, 4) is 28.7 Å². The lowest BCUT2D eigenvalue weighted by Gasteiger charge is -2.09. The second-order valence-electron chi connectivity index (χ2n) is 5.83. The Bertz CT molecular complexity index is 1070. The van der Waals surface area contributed by atoms with Crippen molar-refractivity contribution in [2.24, 2.45) is 0 Å². The number of aromatic nitrogens is 3. The molecule has 4 rings (SSSR count). The number of anilines is 1. The van der Waals surface area contributed by atoms with Gasteiger partial charge in [-0.05, 0) is 36.4 Å². The maximum Gasteiger partial charge on any atom is 0.262 e. The van der Waals surface area contributed by atoms with E-state index in [1.54, 1.807) is 36.5 Å². The van der Waals surface area contributed by atoms with Crippen molar-refractivity contribution in [2.45, 2.75) is 0 Å². The summed E-state index contributed by atoms with van der Waals surface area (Å²) in [6, 6.07) is 21.8. The summed E-state index contributed by atoms with van der Waals surface area (Å²) >= 11 is 0. The average Bonchev–Trinajstić information content (AvgIpc) is 3.24. The highest BCUT2D eigenvalue weighted by atomic mass is 16.5. The first-order chi connectivity index (χ1) is 13.8. The monoisotopic (exact) mass is 372 g/mol. The van der Waals surface area contributed by atoms with Crippen LogP contribution < -0.4 is 10.1 Å². The van der Waals surface area contributed by atoms with Gasteiger partial charge >= 0.3 is 0 Å². The van der Waals surface area contributed by atoms with Gasteiger partial charge in [-0.2, -0.15) is 4.98 Å². The average molecular weight is 372 g/mol. The van der Waals surface area contributed by atoms with Crippen LogP contribution in [0.15, 0.2) is 83.5 Å². The quantitative estimate of drug-likeness (QED) is 0.553. The zero-order valence-electron chi connectivity index (χ0n) is 14.8. The van der Waals surface area contributed by atoms with E-state index in [9.17, 15) is 4.79 Å². The summed E-state index contributed by atoms with van der Waals surface area (Å²) < 4.78 is 10.8. The molecule has 1 N–H and O–H groups in total. The summed E-state index contributed by atoms with van der Waals surface area (Å²) in [5.74, 6) is 1.01. The van der Waals surface area contributed by atoms with Crippen molar-refractivity contribution >= 4 is 11.6 Å². The molecule has 7 nitrogen and oxygen atoms in total. The van der Waals surface area contributed by atoms with Gasteiger partial charge in [-0.3, -0.25) is 9.78 Å². The molecular formula is C21H16N4O3. The minimum atomic E-state index is -0.291. The SMILES string of the molecule is O=C(COc1ccccc1)Nc1ccccc1-c1nc(-c2ccccn2)no1. The van der Waals surface area contributed by atoms with Gasteiger partial charge in [0.15, 0.2) is 6.61 Å². The zero-order valence-corrected chi connectivity index (χ0v) is 14.8. The summed E-state index contributed by atoms with van der Waals surface area (Å²) in [7, 11) is 0. The third-order valence-corrected chi connectivity index (χ3v) is 3.86. The summed E-state index contributed by atoms with van der Waals surface area (Å²) in [6.45, 7) is -0.110. The molecular weight excluding hydrogens is 356 g/mol. The van der Waals surface area contributed by atoms with Crippen LogP contribution in [0.4, 0.5) is 5.69 Å². The smallest absolute Gasteiger partial charge is 0.262 e. The predicted octanol–water partition coefficient (Wildman–Crippen LogP) is 3.82. The van der Waals surface area contributed by atoms with Crippen molar-refractivity contribution in [3.05, 3.63) is 79.0 Å². The Hall–Kier alpha value is -4.00. The number of carbonyl (C=O) groups excluding carboxylic acids is 1. The summed E-state index contributed by atoms with van der Waals surface area (Å²) in [4.78, 5) is 20.9. The van der Waals surface area contributed by atoms with E-state index in [1.165, 1.54) is 0 Å². The van der Waals surface area contributed by atoms with Crippen LogP contribution >= 0.6 is 0 Å². The summed E-state index contributed by atoms with van der Waals surface area (Å²) in [5, 5.41) is 6.79.